The van der Waals surface area contributed by atoms with Gasteiger partial charge in [-0.3, -0.25) is 19.3 Å². The van der Waals surface area contributed by atoms with Crippen molar-refractivity contribution in [1.82, 2.24) is 14.8 Å². The SMILES string of the molecule is CCOCCOCCOCC(OS(C)(=O)=O)N(C)CCc1ccn(C(CCC(C)C)C(=O)N[C@@H](CC(=O)OC)c2cccc(-c3c(C)cc(C)cc3C)c2)c(=O)c1. The molecule has 0 bridgehead atoms. The van der Waals surface area contributed by atoms with Crippen LogP contribution in [0.4, 0.5) is 0 Å². The van der Waals surface area contributed by atoms with E-state index in [4.69, 9.17) is 23.1 Å². The summed E-state index contributed by atoms with van der Waals surface area (Å²) in [6.45, 7) is 14.7. The Hall–Kier alpha value is -3.92. The molecule has 0 saturated carbocycles. The van der Waals surface area contributed by atoms with Crippen LogP contribution in [0.2, 0.25) is 0 Å². The molecule has 0 fully saturated rings. The lowest BCUT2D eigenvalue weighted by molar-refractivity contribution is -0.141. The van der Waals surface area contributed by atoms with Gasteiger partial charge in [-0.1, -0.05) is 49.7 Å². The number of nitrogens with one attached hydrogen (secondary N) is 1. The summed E-state index contributed by atoms with van der Waals surface area (Å²) in [5, 5.41) is 3.09. The van der Waals surface area contributed by atoms with Crippen molar-refractivity contribution in [3.63, 3.8) is 0 Å². The molecule has 316 valence electrons. The molecule has 0 spiro atoms. The maximum Gasteiger partial charge on any atom is 0.307 e. The summed E-state index contributed by atoms with van der Waals surface area (Å²) >= 11 is 0. The Labute approximate surface area is 339 Å². The van der Waals surface area contributed by atoms with Crippen LogP contribution in [-0.2, 0) is 49.3 Å². The van der Waals surface area contributed by atoms with E-state index in [2.05, 4.69) is 52.1 Å². The molecule has 2 aromatic carbocycles. The number of hydrogen-bond donors (Lipinski definition) is 1. The Kier molecular flexibility index (Phi) is 19.5. The fourth-order valence-corrected chi connectivity index (χ4v) is 7.30. The number of carbonyl (C=O) groups excluding carboxylic acids is 2. The largest absolute Gasteiger partial charge is 0.469 e. The van der Waals surface area contributed by atoms with E-state index < -0.39 is 34.4 Å². The number of amides is 1. The molecule has 1 aromatic heterocycles. The predicted molar refractivity (Wildman–Crippen MR) is 222 cm³/mol. The second-order valence-corrected chi connectivity index (χ2v) is 16.5. The van der Waals surface area contributed by atoms with Crippen molar-refractivity contribution in [3.05, 3.63) is 92.9 Å². The summed E-state index contributed by atoms with van der Waals surface area (Å²) in [7, 11) is -0.759. The fourth-order valence-electron chi connectivity index (χ4n) is 6.69. The highest BCUT2D eigenvalue weighted by Crippen LogP contribution is 2.31. The molecule has 3 rings (SSSR count). The molecule has 1 heterocycles. The van der Waals surface area contributed by atoms with Gasteiger partial charge in [-0.2, -0.15) is 8.42 Å². The van der Waals surface area contributed by atoms with Crippen LogP contribution in [0.5, 0.6) is 0 Å². The van der Waals surface area contributed by atoms with E-state index in [-0.39, 0.29) is 37.0 Å². The van der Waals surface area contributed by atoms with E-state index in [1.165, 1.54) is 23.3 Å². The van der Waals surface area contributed by atoms with Gasteiger partial charge < -0.3 is 28.8 Å². The molecular formula is C43H63N3O10S. The number of hydrogen-bond acceptors (Lipinski definition) is 11. The lowest BCUT2D eigenvalue weighted by Crippen LogP contribution is -2.41. The zero-order chi connectivity index (χ0) is 42.1. The lowest BCUT2D eigenvalue weighted by Gasteiger charge is -2.27. The van der Waals surface area contributed by atoms with Crippen molar-refractivity contribution >= 4 is 22.0 Å². The number of aryl methyl sites for hydroxylation is 3. The topological polar surface area (TPSA) is 152 Å². The van der Waals surface area contributed by atoms with Crippen LogP contribution in [-0.4, -0.2) is 103 Å². The first kappa shape index (κ1) is 47.5. The van der Waals surface area contributed by atoms with Crippen molar-refractivity contribution in [2.24, 2.45) is 5.92 Å². The van der Waals surface area contributed by atoms with Crippen LogP contribution in [0.3, 0.4) is 0 Å². The summed E-state index contributed by atoms with van der Waals surface area (Å²) in [6.07, 6.45) is 3.11. The van der Waals surface area contributed by atoms with Crippen molar-refractivity contribution in [2.75, 3.05) is 66.6 Å². The predicted octanol–water partition coefficient (Wildman–Crippen LogP) is 5.68. The molecule has 57 heavy (non-hydrogen) atoms. The number of methoxy groups -OCH3 is 1. The number of esters is 1. The lowest BCUT2D eigenvalue weighted by atomic mass is 9.91. The molecule has 13 nitrogen and oxygen atoms in total. The van der Waals surface area contributed by atoms with Crippen LogP contribution in [0.15, 0.2) is 59.5 Å². The van der Waals surface area contributed by atoms with Crippen molar-refractivity contribution in [2.45, 2.75) is 85.5 Å². The molecule has 0 radical (unpaired) electrons. The number of rotatable bonds is 25. The van der Waals surface area contributed by atoms with Crippen molar-refractivity contribution < 1.29 is 41.1 Å². The summed E-state index contributed by atoms with van der Waals surface area (Å²) < 4.78 is 52.2. The van der Waals surface area contributed by atoms with Crippen molar-refractivity contribution in [3.8, 4) is 11.1 Å². The van der Waals surface area contributed by atoms with E-state index in [1.807, 2.05) is 31.2 Å². The van der Waals surface area contributed by atoms with Crippen LogP contribution >= 0.6 is 0 Å². The summed E-state index contributed by atoms with van der Waals surface area (Å²) in [5.74, 6) is -0.585. The highest BCUT2D eigenvalue weighted by atomic mass is 32.2. The minimum absolute atomic E-state index is 0.0148. The zero-order valence-corrected chi connectivity index (χ0v) is 36.0. The van der Waals surface area contributed by atoms with Gasteiger partial charge in [-0.25, -0.2) is 4.18 Å². The third-order valence-corrected chi connectivity index (χ3v) is 10.1. The van der Waals surface area contributed by atoms with E-state index >= 15 is 0 Å². The first-order chi connectivity index (χ1) is 27.0. The van der Waals surface area contributed by atoms with E-state index in [9.17, 15) is 22.8 Å². The van der Waals surface area contributed by atoms with Gasteiger partial charge in [-0.15, -0.1) is 0 Å². The number of pyridine rings is 1. The molecule has 0 aliphatic rings. The van der Waals surface area contributed by atoms with E-state index in [1.54, 1.807) is 24.2 Å². The van der Waals surface area contributed by atoms with E-state index in [0.29, 0.717) is 57.8 Å². The number of ether oxygens (including phenoxy) is 4. The standard InChI is InChI=1S/C43H63N3O10S/c1-10-53-20-21-54-22-23-55-29-40(56-57(9,50)51)45(7)18-16-34-17-19-46(39(47)26-34)38(15-14-30(2)3)43(49)44-37(28-41(48)52-8)35-12-11-13-36(27-35)42-32(5)24-31(4)25-33(42)6/h11-13,17,19,24-27,30,37-38,40H,10,14-16,18,20-23,28-29H2,1-9H3,(H,44,49)/t37-,38?,40?/m0/s1. The number of nitrogens with zero attached hydrogens (tertiary/aromatic N) is 2. The van der Waals surface area contributed by atoms with Crippen molar-refractivity contribution in [1.29, 1.82) is 0 Å². The summed E-state index contributed by atoms with van der Waals surface area (Å²) in [5.41, 5.74) is 6.59. The smallest absolute Gasteiger partial charge is 0.307 e. The molecular weight excluding hydrogens is 751 g/mol. The van der Waals surface area contributed by atoms with Gasteiger partial charge in [0, 0.05) is 25.4 Å². The molecule has 0 aliphatic heterocycles. The Morgan fingerprint density at radius 2 is 1.58 bits per heavy atom. The monoisotopic (exact) mass is 813 g/mol. The highest BCUT2D eigenvalue weighted by Gasteiger charge is 2.27. The Morgan fingerprint density at radius 3 is 2.19 bits per heavy atom. The zero-order valence-electron chi connectivity index (χ0n) is 35.2. The molecule has 0 aliphatic carbocycles. The fraction of sp³-hybridized carbons (Fsp3) is 0.558. The average molecular weight is 814 g/mol. The molecule has 1 amide bonds. The number of aromatic nitrogens is 1. The maximum atomic E-state index is 14.2. The van der Waals surface area contributed by atoms with Gasteiger partial charge in [0.2, 0.25) is 5.91 Å². The molecule has 0 saturated heterocycles. The first-order valence-electron chi connectivity index (χ1n) is 19.6. The third-order valence-electron chi connectivity index (χ3n) is 9.58. The van der Waals surface area contributed by atoms with E-state index in [0.717, 1.165) is 34.1 Å². The molecule has 3 atom stereocenters. The van der Waals surface area contributed by atoms with Crippen LogP contribution in [0.25, 0.3) is 11.1 Å². The van der Waals surface area contributed by atoms with Gasteiger partial charge in [-0.05, 0) is 105 Å². The number of carbonyl (C=O) groups is 2. The minimum Gasteiger partial charge on any atom is -0.469 e. The van der Waals surface area contributed by atoms with Gasteiger partial charge in [0.1, 0.15) is 6.04 Å². The van der Waals surface area contributed by atoms with Crippen LogP contribution in [0, 0.1) is 26.7 Å². The normalized spacial score (nSPS) is 13.5. The van der Waals surface area contributed by atoms with Crippen LogP contribution in [0.1, 0.15) is 79.9 Å². The summed E-state index contributed by atoms with van der Waals surface area (Å²) in [4.78, 5) is 42.3. The first-order valence-corrected chi connectivity index (χ1v) is 21.4. The second-order valence-electron chi connectivity index (χ2n) is 14.9. The van der Waals surface area contributed by atoms with Gasteiger partial charge >= 0.3 is 5.97 Å². The highest BCUT2D eigenvalue weighted by molar-refractivity contribution is 7.86. The quantitative estimate of drug-likeness (QED) is 0.0487. The Morgan fingerprint density at radius 1 is 0.912 bits per heavy atom. The van der Waals surface area contributed by atoms with Crippen LogP contribution < -0.4 is 10.9 Å². The number of benzene rings is 2. The third kappa shape index (κ3) is 16.1. The van der Waals surface area contributed by atoms with Gasteiger partial charge in [0.05, 0.1) is 58.9 Å². The molecule has 2 unspecified atom stereocenters. The molecule has 1 N–H and O–H groups in total. The average Bonchev–Trinajstić information content (AvgIpc) is 3.14. The van der Waals surface area contributed by atoms with Gasteiger partial charge in [0.15, 0.2) is 6.23 Å². The summed E-state index contributed by atoms with van der Waals surface area (Å²) in [6, 6.07) is 13.8. The minimum atomic E-state index is -3.79. The molecule has 3 aromatic rings. The molecule has 14 heteroatoms. The number of likely N-dealkylation sites (N-methyl/N-ethyl adjacent to an activating group) is 1. The Balaban J connectivity index is 1.80. The van der Waals surface area contributed by atoms with Gasteiger partial charge in [0.25, 0.3) is 15.7 Å². The second kappa shape index (κ2) is 23.5. The maximum absolute atomic E-state index is 14.2. The Bertz CT molecular complexity index is 1890.